The molecule has 176 valence electrons. The van der Waals surface area contributed by atoms with Crippen molar-refractivity contribution in [1.29, 1.82) is 0 Å². The zero-order valence-electron chi connectivity index (χ0n) is 18.4. The van der Waals surface area contributed by atoms with E-state index in [0.29, 0.717) is 55.5 Å². The van der Waals surface area contributed by atoms with E-state index in [1.807, 2.05) is 10.6 Å². The maximum absolute atomic E-state index is 13.2. The van der Waals surface area contributed by atoms with Crippen LogP contribution in [0.15, 0.2) is 41.3 Å². The fourth-order valence-corrected chi connectivity index (χ4v) is 5.86. The lowest BCUT2D eigenvalue weighted by molar-refractivity contribution is 0.0730. The molecule has 9 nitrogen and oxygen atoms in total. The third-order valence-electron chi connectivity index (χ3n) is 6.17. The van der Waals surface area contributed by atoms with Crippen molar-refractivity contribution in [1.82, 2.24) is 13.9 Å². The highest BCUT2D eigenvalue weighted by molar-refractivity contribution is 7.89. The van der Waals surface area contributed by atoms with Gasteiger partial charge in [0.2, 0.25) is 10.0 Å². The molecule has 0 bridgehead atoms. The van der Waals surface area contributed by atoms with Crippen molar-refractivity contribution in [2.45, 2.75) is 30.4 Å². The molecule has 0 spiro atoms. The van der Waals surface area contributed by atoms with Crippen LogP contribution in [0.3, 0.4) is 0 Å². The summed E-state index contributed by atoms with van der Waals surface area (Å²) in [6.45, 7) is 2.78. The number of phenols is 1. The van der Waals surface area contributed by atoms with Crippen LogP contribution in [0.2, 0.25) is 0 Å². The number of hydrogen-bond donors (Lipinski definition) is 1. The van der Waals surface area contributed by atoms with Gasteiger partial charge in [-0.2, -0.15) is 4.31 Å². The summed E-state index contributed by atoms with van der Waals surface area (Å²) >= 11 is 0. The summed E-state index contributed by atoms with van der Waals surface area (Å²) in [7, 11) is -2.14. The van der Waals surface area contributed by atoms with Crippen molar-refractivity contribution in [3.8, 4) is 22.9 Å². The molecule has 0 saturated carbocycles. The molecule has 5 rings (SSSR count). The second-order valence-corrected chi connectivity index (χ2v) is 10.2. The number of phenolic OH excluding ortho intramolecular Hbond substituents is 1. The minimum absolute atomic E-state index is 0.0151. The molecule has 1 aromatic heterocycles. The summed E-state index contributed by atoms with van der Waals surface area (Å²) in [5, 5.41) is 10.3. The number of hydrogen-bond acceptors (Lipinski definition) is 7. The standard InChI is InChI=1S/C23H27N3O6S/c1-30-22-7-4-16(13-21(22)27)23-24-19-14-18(33(28,29)25-8-11-31-12-9-25)5-6-20(19)26(23)15-17-3-2-10-32-17/h4-7,13-14,17,27H,2-3,8-12,15H2,1H3/t17-/m0/s1. The smallest absolute Gasteiger partial charge is 0.243 e. The molecule has 0 amide bonds. The van der Waals surface area contributed by atoms with Crippen molar-refractivity contribution in [2.75, 3.05) is 40.0 Å². The van der Waals surface area contributed by atoms with Gasteiger partial charge in [0, 0.05) is 25.3 Å². The van der Waals surface area contributed by atoms with E-state index >= 15 is 0 Å². The lowest BCUT2D eigenvalue weighted by atomic mass is 10.1. The number of morpholine rings is 1. The topological polar surface area (TPSA) is 103 Å². The van der Waals surface area contributed by atoms with E-state index in [4.69, 9.17) is 19.2 Å². The number of methoxy groups -OCH3 is 1. The second kappa shape index (κ2) is 8.94. The van der Waals surface area contributed by atoms with Crippen LogP contribution in [0.4, 0.5) is 0 Å². The molecule has 3 heterocycles. The van der Waals surface area contributed by atoms with Gasteiger partial charge in [-0.25, -0.2) is 13.4 Å². The fraction of sp³-hybridized carbons (Fsp3) is 0.435. The molecule has 0 aliphatic carbocycles. The largest absolute Gasteiger partial charge is 0.504 e. The number of ether oxygens (including phenoxy) is 3. The number of imidazole rings is 1. The third-order valence-corrected chi connectivity index (χ3v) is 8.07. The van der Waals surface area contributed by atoms with Crippen LogP contribution in [0.25, 0.3) is 22.4 Å². The minimum atomic E-state index is -3.64. The Kier molecular flexibility index (Phi) is 6.00. The number of nitrogens with zero attached hydrogens (tertiary/aromatic N) is 3. The van der Waals surface area contributed by atoms with Crippen molar-refractivity contribution in [2.24, 2.45) is 0 Å². The van der Waals surface area contributed by atoms with E-state index in [1.165, 1.54) is 11.4 Å². The van der Waals surface area contributed by atoms with E-state index in [2.05, 4.69) is 0 Å². The van der Waals surface area contributed by atoms with Gasteiger partial charge in [-0.05, 0) is 49.2 Å². The van der Waals surface area contributed by atoms with Crippen molar-refractivity contribution in [3.05, 3.63) is 36.4 Å². The molecule has 3 aromatic rings. The predicted octanol–water partition coefficient (Wildman–Crippen LogP) is 2.62. The quantitative estimate of drug-likeness (QED) is 0.587. The Bertz CT molecular complexity index is 1260. The fourth-order valence-electron chi connectivity index (χ4n) is 4.43. The molecule has 2 aliphatic heterocycles. The number of sulfonamides is 1. The van der Waals surface area contributed by atoms with Crippen LogP contribution in [0.5, 0.6) is 11.5 Å². The summed E-state index contributed by atoms with van der Waals surface area (Å²) in [5.41, 5.74) is 2.10. The van der Waals surface area contributed by atoms with Crippen LogP contribution < -0.4 is 4.74 Å². The van der Waals surface area contributed by atoms with Gasteiger partial charge in [0.1, 0.15) is 5.82 Å². The number of rotatable bonds is 6. The highest BCUT2D eigenvalue weighted by atomic mass is 32.2. The molecule has 0 radical (unpaired) electrons. The van der Waals surface area contributed by atoms with Gasteiger partial charge in [0.15, 0.2) is 11.5 Å². The van der Waals surface area contributed by atoms with Crippen LogP contribution in [-0.4, -0.2) is 73.5 Å². The average molecular weight is 474 g/mol. The first kappa shape index (κ1) is 22.1. The maximum Gasteiger partial charge on any atom is 0.243 e. The van der Waals surface area contributed by atoms with Crippen LogP contribution in [-0.2, 0) is 26.0 Å². The highest BCUT2D eigenvalue weighted by Gasteiger charge is 2.28. The molecule has 1 N–H and O–H groups in total. The number of benzene rings is 2. The minimum Gasteiger partial charge on any atom is -0.504 e. The van der Waals surface area contributed by atoms with Crippen molar-refractivity contribution in [3.63, 3.8) is 0 Å². The molecule has 2 aliphatic rings. The molecule has 2 fully saturated rings. The predicted molar refractivity (Wildman–Crippen MR) is 122 cm³/mol. The highest BCUT2D eigenvalue weighted by Crippen LogP contribution is 2.34. The number of fused-ring (bicyclic) bond motifs is 1. The molecular formula is C23H27N3O6S. The van der Waals surface area contributed by atoms with E-state index in [0.717, 1.165) is 25.0 Å². The summed E-state index contributed by atoms with van der Waals surface area (Å²) < 4.78 is 46.1. The monoisotopic (exact) mass is 473 g/mol. The number of aromatic nitrogens is 2. The Labute approximate surface area is 192 Å². The SMILES string of the molecule is COc1ccc(-c2nc3cc(S(=O)(=O)N4CCOCC4)ccc3n2C[C@@H]2CCCO2)cc1O. The first-order valence-electron chi connectivity index (χ1n) is 11.0. The van der Waals surface area contributed by atoms with Gasteiger partial charge in [0.25, 0.3) is 0 Å². The van der Waals surface area contributed by atoms with Gasteiger partial charge >= 0.3 is 0 Å². The molecule has 2 saturated heterocycles. The summed E-state index contributed by atoms with van der Waals surface area (Å²) in [6.07, 6.45) is 2.03. The molecule has 0 unspecified atom stereocenters. The first-order valence-corrected chi connectivity index (χ1v) is 12.5. The van der Waals surface area contributed by atoms with Crippen LogP contribution >= 0.6 is 0 Å². The van der Waals surface area contributed by atoms with Gasteiger partial charge < -0.3 is 23.9 Å². The van der Waals surface area contributed by atoms with E-state index in [-0.39, 0.29) is 16.7 Å². The Morgan fingerprint density at radius 1 is 1.15 bits per heavy atom. The molecule has 2 aromatic carbocycles. The Morgan fingerprint density at radius 3 is 2.67 bits per heavy atom. The lowest BCUT2D eigenvalue weighted by Gasteiger charge is -2.26. The van der Waals surface area contributed by atoms with Crippen molar-refractivity contribution < 1.29 is 27.7 Å². The van der Waals surface area contributed by atoms with Crippen LogP contribution in [0.1, 0.15) is 12.8 Å². The van der Waals surface area contributed by atoms with E-state index < -0.39 is 10.0 Å². The Balaban J connectivity index is 1.60. The zero-order valence-corrected chi connectivity index (χ0v) is 19.3. The zero-order chi connectivity index (χ0) is 23.0. The van der Waals surface area contributed by atoms with Gasteiger partial charge in [-0.15, -0.1) is 0 Å². The first-order chi connectivity index (χ1) is 16.0. The number of aromatic hydroxyl groups is 1. The molecule has 1 atom stereocenters. The van der Waals surface area contributed by atoms with Gasteiger partial charge in [0.05, 0.1) is 48.9 Å². The summed E-state index contributed by atoms with van der Waals surface area (Å²) in [4.78, 5) is 5.00. The van der Waals surface area contributed by atoms with Crippen molar-refractivity contribution >= 4 is 21.1 Å². The Hall–Kier alpha value is -2.66. The second-order valence-electron chi connectivity index (χ2n) is 8.23. The van der Waals surface area contributed by atoms with E-state index in [1.54, 1.807) is 30.3 Å². The summed E-state index contributed by atoms with van der Waals surface area (Å²) in [5.74, 6) is 1.03. The lowest BCUT2D eigenvalue weighted by Crippen LogP contribution is -2.40. The normalized spacial score (nSPS) is 19.8. The van der Waals surface area contributed by atoms with Gasteiger partial charge in [-0.3, -0.25) is 0 Å². The summed E-state index contributed by atoms with van der Waals surface area (Å²) in [6, 6.07) is 10.2. The van der Waals surface area contributed by atoms with E-state index in [9.17, 15) is 13.5 Å². The van der Waals surface area contributed by atoms with Crippen LogP contribution in [0, 0.1) is 0 Å². The molecular weight excluding hydrogens is 446 g/mol. The Morgan fingerprint density at radius 2 is 1.97 bits per heavy atom. The molecule has 33 heavy (non-hydrogen) atoms. The van der Waals surface area contributed by atoms with Gasteiger partial charge in [-0.1, -0.05) is 0 Å². The average Bonchev–Trinajstić information content (AvgIpc) is 3.47. The maximum atomic E-state index is 13.2. The molecule has 10 heteroatoms. The third kappa shape index (κ3) is 4.19.